The van der Waals surface area contributed by atoms with E-state index in [9.17, 15) is 0 Å². The van der Waals surface area contributed by atoms with Gasteiger partial charge in [-0.2, -0.15) is 0 Å². The van der Waals surface area contributed by atoms with Gasteiger partial charge in [-0.05, 0) is 55.7 Å². The Hall–Kier alpha value is -1.28. The van der Waals surface area contributed by atoms with Crippen LogP contribution in [0.4, 0.5) is 0 Å². The van der Waals surface area contributed by atoms with Crippen molar-refractivity contribution in [3.8, 4) is 0 Å². The first kappa shape index (κ1) is 12.2. The van der Waals surface area contributed by atoms with Crippen molar-refractivity contribution in [1.82, 2.24) is 4.98 Å². The summed E-state index contributed by atoms with van der Waals surface area (Å²) in [6.45, 7) is 4.32. The van der Waals surface area contributed by atoms with Crippen LogP contribution in [-0.2, 0) is 6.42 Å². The predicted octanol–water partition coefficient (Wildman–Crippen LogP) is 4.03. The van der Waals surface area contributed by atoms with Crippen LogP contribution in [0.3, 0.4) is 0 Å². The molecule has 2 rings (SSSR count). The molecule has 1 aromatic carbocycles. The van der Waals surface area contributed by atoms with E-state index < -0.39 is 0 Å². The van der Waals surface area contributed by atoms with Crippen LogP contribution in [0, 0.1) is 13.8 Å². The van der Waals surface area contributed by atoms with Gasteiger partial charge in [-0.25, -0.2) is 0 Å². The summed E-state index contributed by atoms with van der Waals surface area (Å²) in [5, 5.41) is 0. The fraction of sp³-hybridized carbons (Fsp3) is 0.267. The minimum atomic E-state index is 1.03. The molecule has 1 aromatic heterocycles. The van der Waals surface area contributed by atoms with Gasteiger partial charge in [0.05, 0.1) is 0 Å². The molecule has 0 radical (unpaired) electrons. The highest BCUT2D eigenvalue weighted by Crippen LogP contribution is 2.21. The minimum absolute atomic E-state index is 1.03. The van der Waals surface area contributed by atoms with Gasteiger partial charge in [0.2, 0.25) is 0 Å². The summed E-state index contributed by atoms with van der Waals surface area (Å²) in [6, 6.07) is 12.7. The van der Waals surface area contributed by atoms with Crippen molar-refractivity contribution in [2.45, 2.75) is 25.2 Å². The maximum Gasteiger partial charge on any atom is 0.0411 e. The topological polar surface area (TPSA) is 12.9 Å². The molecule has 0 amide bonds. The number of thioether (sulfide) groups is 1. The summed E-state index contributed by atoms with van der Waals surface area (Å²) < 4.78 is 0. The maximum atomic E-state index is 4.33. The normalized spacial score (nSPS) is 10.5. The number of hydrogen-bond donors (Lipinski definition) is 0. The van der Waals surface area contributed by atoms with Crippen LogP contribution >= 0.6 is 11.8 Å². The Kier molecular flexibility index (Phi) is 4.21. The molecule has 1 nitrogen and oxygen atoms in total. The highest BCUT2D eigenvalue weighted by atomic mass is 32.2. The van der Waals surface area contributed by atoms with E-state index in [-0.39, 0.29) is 0 Å². The van der Waals surface area contributed by atoms with E-state index >= 15 is 0 Å². The second-order valence-electron chi connectivity index (χ2n) is 4.17. The molecule has 0 saturated heterocycles. The second kappa shape index (κ2) is 5.87. The fourth-order valence-corrected chi connectivity index (χ4v) is 2.59. The molecule has 0 aliphatic heterocycles. The molecule has 1 heterocycles. The molecule has 0 N–H and O–H groups in total. The van der Waals surface area contributed by atoms with Gasteiger partial charge in [0.15, 0.2) is 0 Å². The van der Waals surface area contributed by atoms with E-state index in [0.717, 1.165) is 12.2 Å². The quantitative estimate of drug-likeness (QED) is 0.752. The van der Waals surface area contributed by atoms with Crippen molar-refractivity contribution in [2.24, 2.45) is 0 Å². The van der Waals surface area contributed by atoms with Gasteiger partial charge >= 0.3 is 0 Å². The van der Waals surface area contributed by atoms with E-state index in [4.69, 9.17) is 0 Å². The summed E-state index contributed by atoms with van der Waals surface area (Å²) >= 11 is 1.90. The zero-order chi connectivity index (χ0) is 12.1. The molecule has 0 bridgehead atoms. The number of aromatic nitrogens is 1. The molecular weight excluding hydrogens is 226 g/mol. The maximum absolute atomic E-state index is 4.33. The van der Waals surface area contributed by atoms with Crippen LogP contribution in [0.25, 0.3) is 0 Å². The van der Waals surface area contributed by atoms with Crippen molar-refractivity contribution in [3.05, 3.63) is 59.4 Å². The summed E-state index contributed by atoms with van der Waals surface area (Å²) in [7, 11) is 0. The van der Waals surface area contributed by atoms with Crippen molar-refractivity contribution in [1.29, 1.82) is 0 Å². The molecule has 2 heteroatoms. The van der Waals surface area contributed by atoms with Crippen molar-refractivity contribution >= 4 is 11.8 Å². The van der Waals surface area contributed by atoms with Crippen LogP contribution in [0.15, 0.2) is 47.5 Å². The Morgan fingerprint density at radius 3 is 2.65 bits per heavy atom. The molecule has 17 heavy (non-hydrogen) atoms. The van der Waals surface area contributed by atoms with Crippen molar-refractivity contribution in [3.63, 3.8) is 0 Å². The highest BCUT2D eigenvalue weighted by molar-refractivity contribution is 7.99. The zero-order valence-corrected chi connectivity index (χ0v) is 11.1. The monoisotopic (exact) mass is 243 g/mol. The van der Waals surface area contributed by atoms with E-state index in [1.807, 2.05) is 30.1 Å². The smallest absolute Gasteiger partial charge is 0.0411 e. The first-order chi connectivity index (χ1) is 8.25. The standard InChI is InChI=1S/C15H17NS/c1-12-6-7-15(11-13(12)2)17-10-8-14-5-3-4-9-16-14/h3-7,9,11H,8,10H2,1-2H3. The van der Waals surface area contributed by atoms with Crippen LogP contribution in [0.5, 0.6) is 0 Å². The van der Waals surface area contributed by atoms with Gasteiger partial charge in [0.1, 0.15) is 0 Å². The van der Waals surface area contributed by atoms with Gasteiger partial charge in [0, 0.05) is 22.5 Å². The van der Waals surface area contributed by atoms with E-state index in [1.54, 1.807) is 0 Å². The summed E-state index contributed by atoms with van der Waals surface area (Å²) in [6.07, 6.45) is 2.88. The molecule has 88 valence electrons. The third kappa shape index (κ3) is 3.60. The van der Waals surface area contributed by atoms with E-state index in [1.165, 1.54) is 21.7 Å². The van der Waals surface area contributed by atoms with E-state index in [0.29, 0.717) is 0 Å². The van der Waals surface area contributed by atoms with Crippen LogP contribution in [-0.4, -0.2) is 10.7 Å². The largest absolute Gasteiger partial charge is 0.261 e. The minimum Gasteiger partial charge on any atom is -0.261 e. The van der Waals surface area contributed by atoms with Crippen LogP contribution in [0.2, 0.25) is 0 Å². The Morgan fingerprint density at radius 1 is 1.06 bits per heavy atom. The summed E-state index contributed by atoms with van der Waals surface area (Å²) in [5.41, 5.74) is 3.90. The lowest BCUT2D eigenvalue weighted by molar-refractivity contribution is 1.05. The summed E-state index contributed by atoms with van der Waals surface area (Å²) in [5.74, 6) is 1.08. The lowest BCUT2D eigenvalue weighted by Crippen LogP contribution is -1.91. The first-order valence-corrected chi connectivity index (χ1v) is 6.84. The van der Waals surface area contributed by atoms with Gasteiger partial charge in [-0.3, -0.25) is 4.98 Å². The molecule has 0 aliphatic rings. The predicted molar refractivity (Wildman–Crippen MR) is 74.6 cm³/mol. The first-order valence-electron chi connectivity index (χ1n) is 5.85. The number of nitrogens with zero attached hydrogens (tertiary/aromatic N) is 1. The van der Waals surface area contributed by atoms with Crippen LogP contribution in [0.1, 0.15) is 16.8 Å². The summed E-state index contributed by atoms with van der Waals surface area (Å²) in [4.78, 5) is 5.68. The molecule has 0 unspecified atom stereocenters. The lowest BCUT2D eigenvalue weighted by Gasteiger charge is -2.05. The Labute approximate surface area is 107 Å². The van der Waals surface area contributed by atoms with Gasteiger partial charge in [0.25, 0.3) is 0 Å². The van der Waals surface area contributed by atoms with Gasteiger partial charge < -0.3 is 0 Å². The Bertz CT molecular complexity index is 480. The third-order valence-electron chi connectivity index (χ3n) is 2.83. The average Bonchev–Trinajstić information content (AvgIpc) is 2.35. The van der Waals surface area contributed by atoms with Crippen molar-refractivity contribution in [2.75, 3.05) is 5.75 Å². The third-order valence-corrected chi connectivity index (χ3v) is 3.83. The number of aryl methyl sites for hydroxylation is 3. The van der Waals surface area contributed by atoms with E-state index in [2.05, 4.69) is 43.1 Å². The molecule has 0 saturated carbocycles. The lowest BCUT2D eigenvalue weighted by atomic mass is 10.1. The second-order valence-corrected chi connectivity index (χ2v) is 5.33. The number of rotatable bonds is 4. The van der Waals surface area contributed by atoms with Crippen molar-refractivity contribution < 1.29 is 0 Å². The molecule has 0 aliphatic carbocycles. The molecule has 0 fully saturated rings. The SMILES string of the molecule is Cc1ccc(SCCc2ccccn2)cc1C. The van der Waals surface area contributed by atoms with Crippen LogP contribution < -0.4 is 0 Å². The molecule has 0 spiro atoms. The molecule has 2 aromatic rings. The number of benzene rings is 1. The number of hydrogen-bond acceptors (Lipinski definition) is 2. The Morgan fingerprint density at radius 2 is 1.94 bits per heavy atom. The zero-order valence-electron chi connectivity index (χ0n) is 10.3. The molecule has 0 atom stereocenters. The van der Waals surface area contributed by atoms with Gasteiger partial charge in [-0.1, -0.05) is 12.1 Å². The Balaban J connectivity index is 1.88. The average molecular weight is 243 g/mol. The number of pyridine rings is 1. The van der Waals surface area contributed by atoms with Gasteiger partial charge in [-0.15, -0.1) is 11.8 Å². The molecular formula is C15H17NS. The fourth-order valence-electron chi connectivity index (χ4n) is 1.62. The highest BCUT2D eigenvalue weighted by Gasteiger charge is 1.98.